The summed E-state index contributed by atoms with van der Waals surface area (Å²) in [6.45, 7) is 6.69. The molecule has 0 bridgehead atoms. The van der Waals surface area contributed by atoms with Crippen LogP contribution in [0.25, 0.3) is 11.1 Å². The van der Waals surface area contributed by atoms with Crippen LogP contribution in [0.1, 0.15) is 31.0 Å². The second-order valence-corrected chi connectivity index (χ2v) is 5.04. The van der Waals surface area contributed by atoms with Gasteiger partial charge in [-0.3, -0.25) is 0 Å². The highest BCUT2D eigenvalue weighted by Crippen LogP contribution is 2.27. The van der Waals surface area contributed by atoms with Crippen LogP contribution in [0, 0.1) is 18.6 Å². The summed E-state index contributed by atoms with van der Waals surface area (Å²) in [5.74, 6) is -0.674. The highest BCUT2D eigenvalue weighted by Gasteiger charge is 2.11. The molecule has 3 heteroatoms. The lowest BCUT2D eigenvalue weighted by molar-refractivity contribution is 0.592. The Morgan fingerprint density at radius 1 is 1.10 bits per heavy atom. The SMILES string of the molecule is CCNC(C)c1ccc(F)c(-c2cc(C)cc(F)c2)c1. The van der Waals surface area contributed by atoms with E-state index < -0.39 is 0 Å². The highest BCUT2D eigenvalue weighted by molar-refractivity contribution is 5.66. The molecule has 20 heavy (non-hydrogen) atoms. The van der Waals surface area contributed by atoms with Gasteiger partial charge in [0.15, 0.2) is 0 Å². The van der Waals surface area contributed by atoms with Crippen molar-refractivity contribution in [3.05, 3.63) is 59.2 Å². The molecule has 0 heterocycles. The molecule has 1 N–H and O–H groups in total. The van der Waals surface area contributed by atoms with E-state index in [1.165, 1.54) is 18.2 Å². The molecule has 0 saturated carbocycles. The van der Waals surface area contributed by atoms with Gasteiger partial charge < -0.3 is 5.32 Å². The van der Waals surface area contributed by atoms with E-state index in [1.54, 1.807) is 25.1 Å². The van der Waals surface area contributed by atoms with E-state index >= 15 is 0 Å². The Morgan fingerprint density at radius 2 is 1.85 bits per heavy atom. The minimum atomic E-state index is -0.343. The number of hydrogen-bond donors (Lipinski definition) is 1. The van der Waals surface area contributed by atoms with E-state index in [2.05, 4.69) is 5.32 Å². The quantitative estimate of drug-likeness (QED) is 0.859. The molecule has 1 atom stereocenters. The third kappa shape index (κ3) is 3.23. The Balaban J connectivity index is 2.47. The van der Waals surface area contributed by atoms with Gasteiger partial charge >= 0.3 is 0 Å². The maximum absolute atomic E-state index is 14.0. The summed E-state index contributed by atoms with van der Waals surface area (Å²) in [7, 11) is 0. The van der Waals surface area contributed by atoms with Crippen LogP contribution in [0.2, 0.25) is 0 Å². The minimum absolute atomic E-state index is 0.133. The highest BCUT2D eigenvalue weighted by atomic mass is 19.1. The summed E-state index contributed by atoms with van der Waals surface area (Å²) in [5, 5.41) is 3.29. The van der Waals surface area contributed by atoms with Crippen LogP contribution in [0.3, 0.4) is 0 Å². The second kappa shape index (κ2) is 6.14. The zero-order chi connectivity index (χ0) is 14.7. The molecule has 0 aliphatic carbocycles. The molecule has 0 radical (unpaired) electrons. The standard InChI is InChI=1S/C17H19F2N/c1-4-20-12(3)13-5-6-17(19)16(10-13)14-7-11(2)8-15(18)9-14/h5-10,12,20H,4H2,1-3H3. The number of halogens is 2. The molecule has 0 fully saturated rings. The fourth-order valence-electron chi connectivity index (χ4n) is 2.35. The van der Waals surface area contributed by atoms with Gasteiger partial charge in [-0.2, -0.15) is 0 Å². The van der Waals surface area contributed by atoms with Crippen LogP contribution in [0.5, 0.6) is 0 Å². The van der Waals surface area contributed by atoms with Crippen molar-refractivity contribution >= 4 is 0 Å². The summed E-state index contributed by atoms with van der Waals surface area (Å²) in [5.41, 5.74) is 2.79. The van der Waals surface area contributed by atoms with E-state index in [1.807, 2.05) is 13.8 Å². The fraction of sp³-hybridized carbons (Fsp3) is 0.294. The largest absolute Gasteiger partial charge is 0.310 e. The van der Waals surface area contributed by atoms with Crippen molar-refractivity contribution in [3.8, 4) is 11.1 Å². The van der Waals surface area contributed by atoms with Crippen LogP contribution >= 0.6 is 0 Å². The first kappa shape index (κ1) is 14.7. The third-order valence-electron chi connectivity index (χ3n) is 3.35. The first-order chi connectivity index (χ1) is 9.51. The van der Waals surface area contributed by atoms with E-state index in [9.17, 15) is 8.78 Å². The molecule has 0 aromatic heterocycles. The molecule has 0 spiro atoms. The lowest BCUT2D eigenvalue weighted by Gasteiger charge is -2.15. The lowest BCUT2D eigenvalue weighted by Crippen LogP contribution is -2.17. The Labute approximate surface area is 118 Å². The zero-order valence-corrected chi connectivity index (χ0v) is 12.0. The van der Waals surface area contributed by atoms with Crippen LogP contribution < -0.4 is 5.32 Å². The van der Waals surface area contributed by atoms with E-state index in [-0.39, 0.29) is 17.7 Å². The summed E-state index contributed by atoms with van der Waals surface area (Å²) in [4.78, 5) is 0. The smallest absolute Gasteiger partial charge is 0.131 e. The van der Waals surface area contributed by atoms with Gasteiger partial charge in [0.25, 0.3) is 0 Å². The molecule has 0 saturated heterocycles. The summed E-state index contributed by atoms with van der Waals surface area (Å²) in [6, 6.07) is 9.73. The first-order valence-corrected chi connectivity index (χ1v) is 6.81. The van der Waals surface area contributed by atoms with Crippen molar-refractivity contribution in [2.75, 3.05) is 6.54 Å². The van der Waals surface area contributed by atoms with Crippen LogP contribution in [-0.4, -0.2) is 6.54 Å². The van der Waals surface area contributed by atoms with Crippen molar-refractivity contribution in [2.45, 2.75) is 26.8 Å². The molecule has 2 rings (SSSR count). The average Bonchev–Trinajstić information content (AvgIpc) is 2.38. The van der Waals surface area contributed by atoms with Gasteiger partial charge in [0.1, 0.15) is 11.6 Å². The van der Waals surface area contributed by atoms with Gasteiger partial charge in [-0.05, 0) is 61.3 Å². The van der Waals surface area contributed by atoms with Crippen molar-refractivity contribution in [3.63, 3.8) is 0 Å². The monoisotopic (exact) mass is 275 g/mol. The van der Waals surface area contributed by atoms with E-state index in [4.69, 9.17) is 0 Å². The predicted octanol–water partition coefficient (Wildman–Crippen LogP) is 4.61. The Hall–Kier alpha value is -1.74. The average molecular weight is 275 g/mol. The molecular weight excluding hydrogens is 256 g/mol. The predicted molar refractivity (Wildman–Crippen MR) is 78.6 cm³/mol. The molecule has 106 valence electrons. The molecule has 0 amide bonds. The van der Waals surface area contributed by atoms with Gasteiger partial charge in [0.2, 0.25) is 0 Å². The molecule has 2 aromatic carbocycles. The topological polar surface area (TPSA) is 12.0 Å². The summed E-state index contributed by atoms with van der Waals surface area (Å²) in [6.07, 6.45) is 0. The van der Waals surface area contributed by atoms with Gasteiger partial charge in [-0.25, -0.2) is 8.78 Å². The number of hydrogen-bond acceptors (Lipinski definition) is 1. The first-order valence-electron chi connectivity index (χ1n) is 6.81. The van der Waals surface area contributed by atoms with Crippen molar-refractivity contribution in [1.29, 1.82) is 0 Å². The van der Waals surface area contributed by atoms with Crippen LogP contribution in [0.15, 0.2) is 36.4 Å². The van der Waals surface area contributed by atoms with Gasteiger partial charge in [0, 0.05) is 11.6 Å². The van der Waals surface area contributed by atoms with Crippen molar-refractivity contribution < 1.29 is 8.78 Å². The minimum Gasteiger partial charge on any atom is -0.310 e. The van der Waals surface area contributed by atoms with Gasteiger partial charge in [-0.15, -0.1) is 0 Å². The summed E-state index contributed by atoms with van der Waals surface area (Å²) < 4.78 is 27.5. The molecule has 0 aliphatic rings. The fourth-order valence-corrected chi connectivity index (χ4v) is 2.35. The normalized spacial score (nSPS) is 12.4. The van der Waals surface area contributed by atoms with Gasteiger partial charge in [0.05, 0.1) is 0 Å². The maximum Gasteiger partial charge on any atom is 0.131 e. The lowest BCUT2D eigenvalue weighted by atomic mass is 9.98. The van der Waals surface area contributed by atoms with Gasteiger partial charge in [-0.1, -0.05) is 19.1 Å². The van der Waals surface area contributed by atoms with E-state index in [0.29, 0.717) is 11.1 Å². The third-order valence-corrected chi connectivity index (χ3v) is 3.35. The van der Waals surface area contributed by atoms with Crippen LogP contribution in [-0.2, 0) is 0 Å². The zero-order valence-electron chi connectivity index (χ0n) is 12.0. The van der Waals surface area contributed by atoms with Crippen LogP contribution in [0.4, 0.5) is 8.78 Å². The van der Waals surface area contributed by atoms with Crippen molar-refractivity contribution in [1.82, 2.24) is 5.32 Å². The molecule has 0 aliphatic heterocycles. The van der Waals surface area contributed by atoms with Crippen molar-refractivity contribution in [2.24, 2.45) is 0 Å². The maximum atomic E-state index is 14.0. The molecule has 1 unspecified atom stereocenters. The number of rotatable bonds is 4. The summed E-state index contributed by atoms with van der Waals surface area (Å²) >= 11 is 0. The Bertz CT molecular complexity index is 588. The van der Waals surface area contributed by atoms with E-state index in [0.717, 1.165) is 17.7 Å². The number of aryl methyl sites for hydroxylation is 1. The molecule has 1 nitrogen and oxygen atoms in total. The second-order valence-electron chi connectivity index (χ2n) is 5.04. The number of benzene rings is 2. The molecular formula is C17H19F2N. The Kier molecular flexibility index (Phi) is 4.50. The molecule has 2 aromatic rings. The number of nitrogens with one attached hydrogen (secondary N) is 1. The Morgan fingerprint density at radius 3 is 2.50 bits per heavy atom.